The highest BCUT2D eigenvalue weighted by molar-refractivity contribution is 6.39. The Hall–Kier alpha value is -2.19. The van der Waals surface area contributed by atoms with Crippen molar-refractivity contribution in [1.82, 2.24) is 10.2 Å². The van der Waals surface area contributed by atoms with Crippen LogP contribution in [-0.4, -0.2) is 57.0 Å². The molecule has 1 aliphatic carbocycles. The summed E-state index contributed by atoms with van der Waals surface area (Å²) in [6.07, 6.45) is -3.18. The molecule has 1 aliphatic rings. The SMILES string of the molecule is CC(C)(C)C[C@@H](C(=O)N[C@]1(C(=O)C(N)=O)C[C@@H](F)C1)N(C(=O)O)C(C)(C)C. The third kappa shape index (κ3) is 5.40. The molecule has 0 heterocycles. The summed E-state index contributed by atoms with van der Waals surface area (Å²) in [5.74, 6) is -3.08. The third-order valence-electron chi connectivity index (χ3n) is 4.51. The number of halogens is 1. The number of carbonyl (C=O) groups is 4. The number of nitrogens with one attached hydrogen (secondary N) is 1. The Morgan fingerprint density at radius 3 is 1.96 bits per heavy atom. The van der Waals surface area contributed by atoms with E-state index in [4.69, 9.17) is 5.73 Å². The first-order valence-electron chi connectivity index (χ1n) is 8.83. The molecule has 0 saturated heterocycles. The number of hydrogen-bond donors (Lipinski definition) is 3. The van der Waals surface area contributed by atoms with Gasteiger partial charge in [-0.25, -0.2) is 9.18 Å². The van der Waals surface area contributed by atoms with Crippen molar-refractivity contribution in [2.24, 2.45) is 11.1 Å². The van der Waals surface area contributed by atoms with Gasteiger partial charge in [0.1, 0.15) is 17.8 Å². The zero-order chi connectivity index (χ0) is 21.4. The predicted molar refractivity (Wildman–Crippen MR) is 96.7 cm³/mol. The van der Waals surface area contributed by atoms with Gasteiger partial charge in [-0.3, -0.25) is 19.3 Å². The summed E-state index contributed by atoms with van der Waals surface area (Å²) in [7, 11) is 0. The van der Waals surface area contributed by atoms with Crippen LogP contribution in [0.3, 0.4) is 0 Å². The summed E-state index contributed by atoms with van der Waals surface area (Å²) in [4.78, 5) is 49.4. The highest BCUT2D eigenvalue weighted by Crippen LogP contribution is 2.37. The molecule has 1 saturated carbocycles. The van der Waals surface area contributed by atoms with Crippen molar-refractivity contribution in [3.63, 3.8) is 0 Å². The summed E-state index contributed by atoms with van der Waals surface area (Å²) in [5.41, 5.74) is 2.02. The Kier molecular flexibility index (Phi) is 6.30. The van der Waals surface area contributed by atoms with Gasteiger partial charge in [0.25, 0.3) is 5.91 Å². The molecule has 1 atom stereocenters. The Labute approximate surface area is 158 Å². The maximum atomic E-state index is 13.5. The van der Waals surface area contributed by atoms with Crippen LogP contribution in [0.4, 0.5) is 9.18 Å². The van der Waals surface area contributed by atoms with Gasteiger partial charge in [-0.2, -0.15) is 0 Å². The smallest absolute Gasteiger partial charge is 0.408 e. The first-order chi connectivity index (χ1) is 12.0. The van der Waals surface area contributed by atoms with Gasteiger partial charge in [-0.1, -0.05) is 20.8 Å². The Bertz CT molecular complexity index is 630. The fraction of sp³-hybridized carbons (Fsp3) is 0.778. The number of alkyl halides is 1. The fourth-order valence-electron chi connectivity index (χ4n) is 3.36. The van der Waals surface area contributed by atoms with E-state index in [9.17, 15) is 28.7 Å². The van der Waals surface area contributed by atoms with Crippen molar-refractivity contribution in [2.75, 3.05) is 0 Å². The third-order valence-corrected chi connectivity index (χ3v) is 4.51. The van der Waals surface area contributed by atoms with Crippen molar-refractivity contribution < 1.29 is 28.7 Å². The number of nitrogens with two attached hydrogens (primary N) is 1. The quantitative estimate of drug-likeness (QED) is 0.596. The highest BCUT2D eigenvalue weighted by Gasteiger charge is 2.54. The number of primary amides is 1. The van der Waals surface area contributed by atoms with Gasteiger partial charge in [-0.15, -0.1) is 0 Å². The minimum absolute atomic E-state index is 0.169. The molecule has 27 heavy (non-hydrogen) atoms. The molecule has 9 heteroatoms. The van der Waals surface area contributed by atoms with Crippen molar-refractivity contribution in [2.45, 2.75) is 84.1 Å². The van der Waals surface area contributed by atoms with Crippen LogP contribution >= 0.6 is 0 Å². The van der Waals surface area contributed by atoms with E-state index in [-0.39, 0.29) is 19.3 Å². The molecule has 4 N–H and O–H groups in total. The molecule has 0 aliphatic heterocycles. The van der Waals surface area contributed by atoms with Gasteiger partial charge in [-0.05, 0) is 32.6 Å². The first-order valence-corrected chi connectivity index (χ1v) is 8.83. The van der Waals surface area contributed by atoms with Crippen molar-refractivity contribution in [1.29, 1.82) is 0 Å². The molecule has 1 rings (SSSR count). The second-order valence-corrected chi connectivity index (χ2v) is 9.37. The topological polar surface area (TPSA) is 130 Å². The molecule has 0 unspecified atom stereocenters. The molecule has 0 aromatic rings. The van der Waals surface area contributed by atoms with Crippen LogP contribution in [0.1, 0.15) is 60.8 Å². The number of amides is 3. The van der Waals surface area contributed by atoms with Crippen LogP contribution in [0.25, 0.3) is 0 Å². The molecule has 0 bridgehead atoms. The zero-order valence-electron chi connectivity index (χ0n) is 16.8. The van der Waals surface area contributed by atoms with Crippen LogP contribution < -0.4 is 11.1 Å². The van der Waals surface area contributed by atoms with Crippen molar-refractivity contribution in [3.05, 3.63) is 0 Å². The Morgan fingerprint density at radius 1 is 1.19 bits per heavy atom. The average molecular weight is 387 g/mol. The molecule has 1 fully saturated rings. The van der Waals surface area contributed by atoms with Crippen molar-refractivity contribution >= 4 is 23.7 Å². The number of nitrogens with zero attached hydrogens (tertiary/aromatic N) is 1. The van der Waals surface area contributed by atoms with E-state index >= 15 is 0 Å². The van der Waals surface area contributed by atoms with Gasteiger partial charge < -0.3 is 16.2 Å². The van der Waals surface area contributed by atoms with Crippen LogP contribution in [0.2, 0.25) is 0 Å². The molecular formula is C18H30FN3O5. The molecule has 0 aromatic heterocycles. The number of rotatable bonds is 6. The summed E-state index contributed by atoms with van der Waals surface area (Å²) in [6, 6.07) is -1.13. The lowest BCUT2D eigenvalue weighted by Gasteiger charge is -2.46. The van der Waals surface area contributed by atoms with Crippen LogP contribution in [0.15, 0.2) is 0 Å². The molecule has 8 nitrogen and oxygen atoms in total. The van der Waals surface area contributed by atoms with E-state index < -0.39 is 52.4 Å². The number of hydrogen-bond acceptors (Lipinski definition) is 4. The van der Waals surface area contributed by atoms with E-state index in [0.717, 1.165) is 4.90 Å². The minimum atomic E-state index is -1.71. The van der Waals surface area contributed by atoms with Gasteiger partial charge in [0, 0.05) is 18.4 Å². The van der Waals surface area contributed by atoms with Crippen LogP contribution in [0, 0.1) is 5.41 Å². The zero-order valence-corrected chi connectivity index (χ0v) is 16.8. The lowest BCUT2D eigenvalue weighted by molar-refractivity contribution is -0.148. The average Bonchev–Trinajstić information content (AvgIpc) is 2.39. The number of ketones is 1. The lowest BCUT2D eigenvalue weighted by atomic mass is 9.71. The molecule has 0 aromatic carbocycles. The van der Waals surface area contributed by atoms with Crippen LogP contribution in [-0.2, 0) is 14.4 Å². The van der Waals surface area contributed by atoms with Gasteiger partial charge in [0.2, 0.25) is 11.7 Å². The van der Waals surface area contributed by atoms with E-state index in [1.165, 1.54) is 0 Å². The number of carbonyl (C=O) groups excluding carboxylic acids is 3. The highest BCUT2D eigenvalue weighted by atomic mass is 19.1. The summed E-state index contributed by atoms with van der Waals surface area (Å²) < 4.78 is 13.5. The van der Waals surface area contributed by atoms with E-state index in [1.807, 2.05) is 20.8 Å². The van der Waals surface area contributed by atoms with Gasteiger partial charge in [0.15, 0.2) is 0 Å². The Morgan fingerprint density at radius 2 is 1.67 bits per heavy atom. The maximum absolute atomic E-state index is 13.5. The van der Waals surface area contributed by atoms with Gasteiger partial charge in [0.05, 0.1) is 0 Å². The lowest BCUT2D eigenvalue weighted by Crippen LogP contribution is -2.69. The molecule has 0 radical (unpaired) electrons. The second-order valence-electron chi connectivity index (χ2n) is 9.37. The number of carboxylic acid groups (broad SMARTS) is 1. The largest absolute Gasteiger partial charge is 0.465 e. The standard InChI is InChI=1S/C18H30FN3O5/c1-16(2,3)9-11(22(15(26)27)17(4,5)6)14(25)21-18(7-10(19)8-18)12(23)13(20)24/h10-11H,7-9H2,1-6H3,(H2,20,24)(H,21,25)(H,26,27)/t10-,11-,18-/m0/s1. The summed E-state index contributed by atoms with van der Waals surface area (Å²) >= 11 is 0. The van der Waals surface area contributed by atoms with Gasteiger partial charge >= 0.3 is 6.09 Å². The summed E-state index contributed by atoms with van der Waals surface area (Å²) in [6.45, 7) is 10.5. The first kappa shape index (κ1) is 22.9. The monoisotopic (exact) mass is 387 g/mol. The maximum Gasteiger partial charge on any atom is 0.408 e. The normalized spacial score (nSPS) is 23.7. The van der Waals surface area contributed by atoms with E-state index in [1.54, 1.807) is 20.8 Å². The predicted octanol–water partition coefficient (Wildman–Crippen LogP) is 1.61. The molecule has 154 valence electrons. The second kappa shape index (κ2) is 7.44. The molecule has 3 amide bonds. The van der Waals surface area contributed by atoms with E-state index in [2.05, 4.69) is 5.32 Å². The molecular weight excluding hydrogens is 357 g/mol. The fourth-order valence-corrected chi connectivity index (χ4v) is 3.36. The van der Waals surface area contributed by atoms with Crippen molar-refractivity contribution in [3.8, 4) is 0 Å². The van der Waals surface area contributed by atoms with Crippen LogP contribution in [0.5, 0.6) is 0 Å². The molecule has 0 spiro atoms. The van der Waals surface area contributed by atoms with E-state index in [0.29, 0.717) is 0 Å². The number of Topliss-reactive ketones (excluding diaryl/α,β-unsaturated/α-hetero) is 1. The Balaban J connectivity index is 3.25. The summed E-state index contributed by atoms with van der Waals surface area (Å²) in [5, 5.41) is 12.1. The minimum Gasteiger partial charge on any atom is -0.465 e.